The van der Waals surface area contributed by atoms with Crippen LogP contribution in [0.15, 0.2) is 60.7 Å². The smallest absolute Gasteiger partial charge is 0.317 e. The molecule has 0 saturated heterocycles. The first-order valence-electron chi connectivity index (χ1n) is 8.26. The molecule has 0 atom stereocenters. The van der Waals surface area contributed by atoms with Crippen molar-refractivity contribution < 1.29 is 8.23 Å². The van der Waals surface area contributed by atoms with Gasteiger partial charge >= 0.3 is 8.56 Å². The van der Waals surface area contributed by atoms with Gasteiger partial charge in [-0.05, 0) is 35.6 Å². The molecule has 5 heteroatoms. The molecule has 0 aromatic heterocycles. The van der Waals surface area contributed by atoms with E-state index in [2.05, 4.69) is 87.6 Å². The van der Waals surface area contributed by atoms with Gasteiger partial charge in [-0.15, -0.1) is 0 Å². The van der Waals surface area contributed by atoms with Gasteiger partial charge in [0, 0.05) is 0 Å². The van der Waals surface area contributed by atoms with E-state index in [0.717, 1.165) is 12.1 Å². The lowest BCUT2D eigenvalue weighted by molar-refractivity contribution is 0.399. The molecular weight excluding hydrogens is 332 g/mol. The first kappa shape index (κ1) is 18.4. The van der Waals surface area contributed by atoms with Gasteiger partial charge in [0.25, 0.3) is 9.04 Å². The molecule has 0 heterocycles. The highest BCUT2D eigenvalue weighted by Gasteiger charge is 2.38. The number of hydrogen-bond donors (Lipinski definition) is 0. The summed E-state index contributed by atoms with van der Waals surface area (Å²) in [5.74, 6) is 0. The molecule has 0 aliphatic rings. The fraction of sp³-hybridized carbons (Fsp3) is 0.333. The van der Waals surface area contributed by atoms with Crippen LogP contribution in [0.4, 0.5) is 0 Å². The zero-order valence-electron chi connectivity index (χ0n) is 14.5. The molecular formula is C18H26O2Si3. The van der Waals surface area contributed by atoms with Crippen LogP contribution in [0.1, 0.15) is 13.8 Å². The van der Waals surface area contributed by atoms with E-state index in [9.17, 15) is 0 Å². The molecule has 0 N–H and O–H groups in total. The molecule has 0 saturated carbocycles. The second-order valence-corrected chi connectivity index (χ2v) is 14.3. The van der Waals surface area contributed by atoms with E-state index in [4.69, 9.17) is 8.23 Å². The van der Waals surface area contributed by atoms with Crippen LogP contribution in [0.2, 0.25) is 25.2 Å². The monoisotopic (exact) mass is 358 g/mol. The molecule has 2 aromatic rings. The van der Waals surface area contributed by atoms with Crippen LogP contribution in [0.5, 0.6) is 0 Å². The summed E-state index contributed by atoms with van der Waals surface area (Å²) in [5, 5.41) is 2.60. The van der Waals surface area contributed by atoms with Crippen LogP contribution in [0.3, 0.4) is 0 Å². The largest absolute Gasteiger partial charge is 0.436 e. The van der Waals surface area contributed by atoms with Crippen LogP contribution in [0, 0.1) is 0 Å². The lowest BCUT2D eigenvalue weighted by Gasteiger charge is -2.34. The Bertz CT molecular complexity index is 532. The van der Waals surface area contributed by atoms with Crippen LogP contribution >= 0.6 is 0 Å². The summed E-state index contributed by atoms with van der Waals surface area (Å²) in [5.41, 5.74) is 0. The molecule has 0 amide bonds. The van der Waals surface area contributed by atoms with Crippen molar-refractivity contribution >= 4 is 37.0 Å². The van der Waals surface area contributed by atoms with Gasteiger partial charge in [-0.3, -0.25) is 0 Å². The molecule has 0 aliphatic carbocycles. The minimum atomic E-state index is -2.14. The van der Waals surface area contributed by atoms with Crippen LogP contribution in [0.25, 0.3) is 0 Å². The van der Waals surface area contributed by atoms with Gasteiger partial charge < -0.3 is 8.23 Å². The molecule has 2 aromatic carbocycles. The highest BCUT2D eigenvalue weighted by molar-refractivity contribution is 6.89. The Kier molecular flexibility index (Phi) is 6.98. The molecule has 2 nitrogen and oxygen atoms in total. The van der Waals surface area contributed by atoms with E-state index in [1.54, 1.807) is 0 Å². The Labute approximate surface area is 145 Å². The Morgan fingerprint density at radius 1 is 0.739 bits per heavy atom. The van der Waals surface area contributed by atoms with Gasteiger partial charge in [-0.25, -0.2) is 0 Å². The molecule has 0 bridgehead atoms. The van der Waals surface area contributed by atoms with Gasteiger partial charge in [0.1, 0.15) is 0 Å². The average molecular weight is 359 g/mol. The molecule has 0 spiro atoms. The second kappa shape index (κ2) is 8.75. The number of rotatable bonds is 8. The van der Waals surface area contributed by atoms with E-state index in [-0.39, 0.29) is 0 Å². The minimum Gasteiger partial charge on any atom is -0.436 e. The third-order valence-corrected chi connectivity index (χ3v) is 13.1. The zero-order valence-corrected chi connectivity index (χ0v) is 17.5. The quantitative estimate of drug-likeness (QED) is 0.672. The average Bonchev–Trinajstić information content (AvgIpc) is 2.60. The van der Waals surface area contributed by atoms with E-state index in [1.807, 2.05) is 0 Å². The van der Waals surface area contributed by atoms with E-state index >= 15 is 0 Å². The number of benzene rings is 2. The van der Waals surface area contributed by atoms with Gasteiger partial charge in [-0.2, -0.15) is 0 Å². The molecule has 122 valence electrons. The predicted octanol–water partition coefficient (Wildman–Crippen LogP) is 3.56. The molecule has 2 radical (unpaired) electrons. The van der Waals surface area contributed by atoms with Crippen molar-refractivity contribution in [2.75, 3.05) is 0 Å². The normalized spacial score (nSPS) is 12.1. The van der Waals surface area contributed by atoms with E-state index < -0.39 is 26.6 Å². The van der Waals surface area contributed by atoms with Crippen molar-refractivity contribution in [3.63, 3.8) is 0 Å². The highest BCUT2D eigenvalue weighted by Crippen LogP contribution is 2.21. The summed E-state index contributed by atoms with van der Waals surface area (Å²) >= 11 is 0. The minimum absolute atomic E-state index is 0.770. The van der Waals surface area contributed by atoms with Gasteiger partial charge in [-0.1, -0.05) is 74.5 Å². The number of hydrogen-bond acceptors (Lipinski definition) is 2. The predicted molar refractivity (Wildman–Crippen MR) is 104 cm³/mol. The Morgan fingerprint density at radius 2 is 1.17 bits per heavy atom. The third-order valence-electron chi connectivity index (χ3n) is 3.83. The van der Waals surface area contributed by atoms with Crippen molar-refractivity contribution in [2.24, 2.45) is 0 Å². The van der Waals surface area contributed by atoms with Gasteiger partial charge in [0.05, 0.1) is 0 Å². The fourth-order valence-electron chi connectivity index (χ4n) is 2.58. The molecule has 0 fully saturated rings. The topological polar surface area (TPSA) is 18.5 Å². The summed E-state index contributed by atoms with van der Waals surface area (Å²) in [6, 6.07) is 23.3. The Morgan fingerprint density at radius 3 is 1.52 bits per heavy atom. The van der Waals surface area contributed by atoms with E-state index in [1.165, 1.54) is 10.4 Å². The maximum atomic E-state index is 6.86. The van der Waals surface area contributed by atoms with Crippen molar-refractivity contribution in [3.8, 4) is 0 Å². The second-order valence-electron chi connectivity index (χ2n) is 5.79. The molecule has 0 unspecified atom stereocenters. The van der Waals surface area contributed by atoms with Gasteiger partial charge in [0.2, 0.25) is 0 Å². The van der Waals surface area contributed by atoms with Gasteiger partial charge in [0.15, 0.2) is 9.04 Å². The zero-order chi connectivity index (χ0) is 16.7. The lowest BCUT2D eigenvalue weighted by Crippen LogP contribution is -2.56. The van der Waals surface area contributed by atoms with E-state index in [0.29, 0.717) is 0 Å². The van der Waals surface area contributed by atoms with Crippen LogP contribution in [-0.4, -0.2) is 26.6 Å². The van der Waals surface area contributed by atoms with Crippen LogP contribution in [-0.2, 0) is 8.23 Å². The van der Waals surface area contributed by atoms with Crippen LogP contribution < -0.4 is 10.4 Å². The standard InChI is InChI=1S/C18H26O2Si3/c1-5-23(6-2,19-21(3)4)20-22(17-13-9-7-10-14-17)18-15-11-8-12-16-18/h7-16H,5-6H2,1-4H3. The van der Waals surface area contributed by atoms with Crippen molar-refractivity contribution in [1.29, 1.82) is 0 Å². The Hall–Kier alpha value is -0.989. The Balaban J connectivity index is 2.38. The highest BCUT2D eigenvalue weighted by atomic mass is 28.5. The lowest BCUT2D eigenvalue weighted by atomic mass is 10.4. The van der Waals surface area contributed by atoms with Crippen molar-refractivity contribution in [2.45, 2.75) is 39.0 Å². The summed E-state index contributed by atoms with van der Waals surface area (Å²) in [7, 11) is -4.19. The summed E-state index contributed by atoms with van der Waals surface area (Å²) in [6.45, 7) is 8.85. The maximum absolute atomic E-state index is 6.86. The SMILES string of the molecule is CC[Si](CC)(O[Si](C)C)O[Si](c1ccccc1)c1ccccc1. The summed E-state index contributed by atoms with van der Waals surface area (Å²) < 4.78 is 13.3. The molecule has 23 heavy (non-hydrogen) atoms. The maximum Gasteiger partial charge on any atom is 0.317 e. The molecule has 0 aliphatic heterocycles. The van der Waals surface area contributed by atoms with Crippen molar-refractivity contribution in [1.82, 2.24) is 0 Å². The summed E-state index contributed by atoms with van der Waals surface area (Å²) in [4.78, 5) is 0. The fourth-order valence-corrected chi connectivity index (χ4v) is 12.7. The third kappa shape index (κ3) is 4.99. The summed E-state index contributed by atoms with van der Waals surface area (Å²) in [6.07, 6.45) is 0. The molecule has 2 rings (SSSR count). The first-order chi connectivity index (χ1) is 11.1. The first-order valence-corrected chi connectivity index (χ1v) is 14.3. The van der Waals surface area contributed by atoms with Crippen molar-refractivity contribution in [3.05, 3.63) is 60.7 Å².